The van der Waals surface area contributed by atoms with Crippen LogP contribution in [0, 0.1) is 0 Å². The van der Waals surface area contributed by atoms with Gasteiger partial charge in [-0.1, -0.05) is 6.07 Å². The van der Waals surface area contributed by atoms with Gasteiger partial charge in [-0.05, 0) is 32.4 Å². The summed E-state index contributed by atoms with van der Waals surface area (Å²) in [6.45, 7) is 2.84. The van der Waals surface area contributed by atoms with Crippen molar-refractivity contribution in [3.8, 4) is 11.3 Å². The Bertz CT molecular complexity index is 1230. The van der Waals surface area contributed by atoms with Crippen molar-refractivity contribution in [2.75, 3.05) is 30.8 Å². The van der Waals surface area contributed by atoms with Gasteiger partial charge in [0, 0.05) is 35.9 Å². The number of hydrogen-bond acceptors (Lipinski definition) is 7. The van der Waals surface area contributed by atoms with Gasteiger partial charge in [-0.15, -0.1) is 0 Å². The molecule has 34 heavy (non-hydrogen) atoms. The van der Waals surface area contributed by atoms with Gasteiger partial charge < -0.3 is 20.4 Å². The molecule has 1 amide bonds. The number of carbonyl (C=O) groups is 2. The molecule has 3 aromatic rings. The number of aromatic nitrogens is 3. The average Bonchev–Trinajstić information content (AvgIpc) is 3.22. The van der Waals surface area contributed by atoms with E-state index < -0.39 is 23.6 Å². The van der Waals surface area contributed by atoms with Crippen LogP contribution in [0.15, 0.2) is 24.5 Å². The lowest BCUT2D eigenvalue weighted by Gasteiger charge is -2.24. The van der Waals surface area contributed by atoms with Gasteiger partial charge in [-0.2, -0.15) is 13.2 Å². The molecule has 1 atom stereocenters. The number of Topliss-reactive ketones (excluding diaryl/α,β-unsaturated/α-hetero) is 1. The SMILES string of the molecule is COC(=O)Nc1ccc2c(-c3nc(N[C@H]4CCCNC4)ncc3C(F)(F)F)c[nH]c2c1C(C)=O. The van der Waals surface area contributed by atoms with Crippen molar-refractivity contribution in [3.63, 3.8) is 0 Å². The third kappa shape index (κ3) is 4.67. The number of alkyl halides is 3. The Kier molecular flexibility index (Phi) is 6.42. The lowest BCUT2D eigenvalue weighted by atomic mass is 10.0. The standard InChI is InChI=1S/C22H23F3N6O3/c1-11(32)17-16(30-21(33)34-2)6-5-13-14(9-27-19(13)17)18-15(22(23,24)25)10-28-20(31-18)29-12-4-3-7-26-8-12/h5-6,9-10,12,26-27H,3-4,7-8H2,1-2H3,(H,30,33)(H,28,29,31)/t12-/m0/s1. The number of ketones is 1. The maximum atomic E-state index is 13.8. The van der Waals surface area contributed by atoms with Crippen molar-refractivity contribution in [1.82, 2.24) is 20.3 Å². The maximum absolute atomic E-state index is 13.8. The molecular weight excluding hydrogens is 453 g/mol. The average molecular weight is 476 g/mol. The van der Waals surface area contributed by atoms with Gasteiger partial charge >= 0.3 is 12.3 Å². The van der Waals surface area contributed by atoms with Gasteiger partial charge in [-0.25, -0.2) is 14.8 Å². The number of piperidine rings is 1. The van der Waals surface area contributed by atoms with Crippen molar-refractivity contribution < 1.29 is 27.5 Å². The summed E-state index contributed by atoms with van der Waals surface area (Å²) in [6, 6.07) is 2.95. The predicted molar refractivity (Wildman–Crippen MR) is 120 cm³/mol. The van der Waals surface area contributed by atoms with Crippen molar-refractivity contribution in [3.05, 3.63) is 35.7 Å². The molecule has 0 radical (unpaired) electrons. The molecule has 1 fully saturated rings. The number of carbonyl (C=O) groups excluding carboxylic acids is 2. The minimum absolute atomic E-state index is 0.00225. The second-order valence-electron chi connectivity index (χ2n) is 7.93. The monoisotopic (exact) mass is 476 g/mol. The Morgan fingerprint density at radius 2 is 2.06 bits per heavy atom. The van der Waals surface area contributed by atoms with Crippen LogP contribution in [-0.4, -0.2) is 53.1 Å². The molecule has 0 bridgehead atoms. The summed E-state index contributed by atoms with van der Waals surface area (Å²) in [4.78, 5) is 35.0. The lowest BCUT2D eigenvalue weighted by Crippen LogP contribution is -2.38. The van der Waals surface area contributed by atoms with Crippen LogP contribution in [0.5, 0.6) is 0 Å². The van der Waals surface area contributed by atoms with Crippen LogP contribution in [0.3, 0.4) is 0 Å². The highest BCUT2D eigenvalue weighted by molar-refractivity contribution is 6.14. The van der Waals surface area contributed by atoms with Crippen molar-refractivity contribution >= 4 is 34.4 Å². The van der Waals surface area contributed by atoms with Gasteiger partial charge in [0.05, 0.1) is 29.6 Å². The fourth-order valence-corrected chi connectivity index (χ4v) is 4.05. The quantitative estimate of drug-likeness (QED) is 0.408. The number of hydrogen-bond donors (Lipinski definition) is 4. The van der Waals surface area contributed by atoms with Crippen molar-refractivity contribution in [2.24, 2.45) is 0 Å². The smallest absolute Gasteiger partial charge is 0.419 e. The van der Waals surface area contributed by atoms with E-state index in [9.17, 15) is 22.8 Å². The number of methoxy groups -OCH3 is 1. The second kappa shape index (κ2) is 9.29. The first kappa shape index (κ1) is 23.5. The largest absolute Gasteiger partial charge is 0.453 e. The molecule has 1 aliphatic heterocycles. The molecule has 1 aliphatic rings. The molecule has 0 aliphatic carbocycles. The number of benzene rings is 1. The summed E-state index contributed by atoms with van der Waals surface area (Å²) in [6.07, 6.45) is -1.57. The first-order valence-corrected chi connectivity index (χ1v) is 10.6. The van der Waals surface area contributed by atoms with Crippen LogP contribution in [0.1, 0.15) is 35.7 Å². The molecule has 180 valence electrons. The molecule has 4 N–H and O–H groups in total. The number of halogens is 3. The number of rotatable bonds is 5. The van der Waals surface area contributed by atoms with E-state index >= 15 is 0 Å². The minimum Gasteiger partial charge on any atom is -0.453 e. The fourth-order valence-electron chi connectivity index (χ4n) is 4.05. The summed E-state index contributed by atoms with van der Waals surface area (Å²) in [7, 11) is 1.18. The Morgan fingerprint density at radius 1 is 1.26 bits per heavy atom. The zero-order chi connectivity index (χ0) is 24.5. The van der Waals surface area contributed by atoms with Crippen LogP contribution in [0.4, 0.5) is 29.6 Å². The molecule has 4 rings (SSSR count). The first-order chi connectivity index (χ1) is 16.2. The van der Waals surface area contributed by atoms with E-state index in [4.69, 9.17) is 0 Å². The molecule has 9 nitrogen and oxygen atoms in total. The summed E-state index contributed by atoms with van der Waals surface area (Å²) in [5.41, 5.74) is -0.602. The first-order valence-electron chi connectivity index (χ1n) is 10.6. The summed E-state index contributed by atoms with van der Waals surface area (Å²) < 4.78 is 46.1. The van der Waals surface area contributed by atoms with E-state index in [2.05, 4.69) is 35.6 Å². The molecule has 1 saturated heterocycles. The van der Waals surface area contributed by atoms with Crippen LogP contribution in [-0.2, 0) is 10.9 Å². The summed E-state index contributed by atoms with van der Waals surface area (Å²) in [5, 5.41) is 9.11. The van der Waals surface area contributed by atoms with Crippen molar-refractivity contribution in [2.45, 2.75) is 32.0 Å². The lowest BCUT2D eigenvalue weighted by molar-refractivity contribution is -0.137. The zero-order valence-electron chi connectivity index (χ0n) is 18.5. The van der Waals surface area contributed by atoms with E-state index in [0.29, 0.717) is 11.9 Å². The third-order valence-corrected chi connectivity index (χ3v) is 5.61. The van der Waals surface area contributed by atoms with E-state index in [0.717, 1.165) is 25.6 Å². The van der Waals surface area contributed by atoms with Crippen LogP contribution in [0.2, 0.25) is 0 Å². The number of H-pyrrole nitrogens is 1. The topological polar surface area (TPSA) is 121 Å². The summed E-state index contributed by atoms with van der Waals surface area (Å²) in [5.74, 6) is -0.307. The molecule has 0 spiro atoms. The van der Waals surface area contributed by atoms with E-state index in [1.807, 2.05) is 0 Å². The van der Waals surface area contributed by atoms with Gasteiger partial charge in [0.2, 0.25) is 5.95 Å². The van der Waals surface area contributed by atoms with Gasteiger partial charge in [0.15, 0.2) is 5.78 Å². The highest BCUT2D eigenvalue weighted by Crippen LogP contribution is 2.40. The van der Waals surface area contributed by atoms with Crippen LogP contribution >= 0.6 is 0 Å². The van der Waals surface area contributed by atoms with E-state index in [1.54, 1.807) is 0 Å². The highest BCUT2D eigenvalue weighted by atomic mass is 19.4. The Labute approximate surface area is 192 Å². The molecule has 2 aromatic heterocycles. The summed E-state index contributed by atoms with van der Waals surface area (Å²) >= 11 is 0. The predicted octanol–water partition coefficient (Wildman–Crippen LogP) is 4.19. The molecule has 0 saturated carbocycles. The zero-order valence-corrected chi connectivity index (χ0v) is 18.5. The maximum Gasteiger partial charge on any atom is 0.419 e. The normalized spacial score (nSPS) is 16.3. The number of amides is 1. The number of ether oxygens (including phenoxy) is 1. The molecule has 0 unspecified atom stereocenters. The fraction of sp³-hybridized carbons (Fsp3) is 0.364. The Balaban J connectivity index is 1.83. The number of anilines is 2. The Morgan fingerprint density at radius 3 is 2.71 bits per heavy atom. The number of aromatic amines is 1. The van der Waals surface area contributed by atoms with Gasteiger partial charge in [-0.3, -0.25) is 10.1 Å². The molecular formula is C22H23F3N6O3. The van der Waals surface area contributed by atoms with E-state index in [-0.39, 0.29) is 40.0 Å². The number of nitrogens with one attached hydrogen (secondary N) is 4. The van der Waals surface area contributed by atoms with E-state index in [1.165, 1.54) is 32.4 Å². The second-order valence-corrected chi connectivity index (χ2v) is 7.93. The van der Waals surface area contributed by atoms with Crippen LogP contribution in [0.25, 0.3) is 22.2 Å². The number of nitrogens with zero attached hydrogens (tertiary/aromatic N) is 2. The Hall–Kier alpha value is -3.67. The van der Waals surface area contributed by atoms with Gasteiger partial charge in [0.25, 0.3) is 0 Å². The molecule has 12 heteroatoms. The minimum atomic E-state index is -4.69. The van der Waals surface area contributed by atoms with Crippen molar-refractivity contribution in [1.29, 1.82) is 0 Å². The number of fused-ring (bicyclic) bond motifs is 1. The highest BCUT2D eigenvalue weighted by Gasteiger charge is 2.36. The van der Waals surface area contributed by atoms with Gasteiger partial charge in [0.1, 0.15) is 5.56 Å². The van der Waals surface area contributed by atoms with Crippen LogP contribution < -0.4 is 16.0 Å². The third-order valence-electron chi connectivity index (χ3n) is 5.61. The molecule has 1 aromatic carbocycles. The molecule has 3 heterocycles.